The number of nitrogens with zero attached hydrogens (tertiary/aromatic N) is 5. The van der Waals surface area contributed by atoms with E-state index >= 15 is 0 Å². The van der Waals surface area contributed by atoms with Crippen LogP contribution in [0.15, 0.2) is 43.0 Å². The summed E-state index contributed by atoms with van der Waals surface area (Å²) in [6, 6.07) is 5.98. The smallest absolute Gasteiger partial charge is 0.316 e. The summed E-state index contributed by atoms with van der Waals surface area (Å²) in [5.41, 5.74) is 2.89. The Hall–Kier alpha value is -3.75. The highest BCUT2D eigenvalue weighted by Gasteiger charge is 2.18. The van der Waals surface area contributed by atoms with Gasteiger partial charge < -0.3 is 15.0 Å². The molecule has 1 aliphatic rings. The number of aromatic amines is 1. The Morgan fingerprint density at radius 3 is 2.97 bits per heavy atom. The second-order valence-corrected chi connectivity index (χ2v) is 7.53. The van der Waals surface area contributed by atoms with Gasteiger partial charge in [0.15, 0.2) is 0 Å². The van der Waals surface area contributed by atoms with Crippen molar-refractivity contribution >= 4 is 22.6 Å². The van der Waals surface area contributed by atoms with Crippen LogP contribution in [-0.2, 0) is 7.05 Å². The number of anilines is 1. The molecular weight excluding hydrogens is 382 g/mol. The maximum Gasteiger partial charge on any atom is 0.316 e. The molecule has 0 radical (unpaired) electrons. The topological polar surface area (TPSA) is 111 Å². The molecule has 0 atom stereocenters. The van der Waals surface area contributed by atoms with Gasteiger partial charge in [-0.25, -0.2) is 9.97 Å². The quantitative estimate of drug-likeness (QED) is 0.512. The molecule has 1 saturated carbocycles. The molecule has 1 fully saturated rings. The number of pyridine rings is 1. The van der Waals surface area contributed by atoms with Gasteiger partial charge in [-0.1, -0.05) is 6.42 Å². The standard InChI is InChI=1S/C21H21N7O2/c1-28-11-15(10-24-28)20(29)27-19-8-17-14(9-23-19)7-18(25-17)16-5-6-22-21(26-16)30-12-13-3-2-4-13/h5-11,13,25H,2-4,12H2,1H3,(H,23,27,29). The van der Waals surface area contributed by atoms with E-state index in [0.29, 0.717) is 29.9 Å². The van der Waals surface area contributed by atoms with Crippen molar-refractivity contribution in [1.29, 1.82) is 0 Å². The van der Waals surface area contributed by atoms with E-state index in [2.05, 4.69) is 30.4 Å². The van der Waals surface area contributed by atoms with E-state index in [9.17, 15) is 4.79 Å². The zero-order chi connectivity index (χ0) is 20.5. The molecule has 30 heavy (non-hydrogen) atoms. The third-order valence-electron chi connectivity index (χ3n) is 5.29. The molecule has 0 saturated heterocycles. The fraction of sp³-hybridized carbons (Fsp3) is 0.286. The van der Waals surface area contributed by atoms with Gasteiger partial charge >= 0.3 is 6.01 Å². The van der Waals surface area contributed by atoms with E-state index in [0.717, 1.165) is 22.3 Å². The molecule has 4 heterocycles. The summed E-state index contributed by atoms with van der Waals surface area (Å²) in [6.45, 7) is 0.667. The molecule has 0 bridgehead atoms. The van der Waals surface area contributed by atoms with E-state index in [1.54, 1.807) is 36.4 Å². The van der Waals surface area contributed by atoms with Crippen molar-refractivity contribution in [2.24, 2.45) is 13.0 Å². The van der Waals surface area contributed by atoms with Crippen molar-refractivity contribution in [1.82, 2.24) is 29.7 Å². The summed E-state index contributed by atoms with van der Waals surface area (Å²) >= 11 is 0. The van der Waals surface area contributed by atoms with Gasteiger partial charge in [0, 0.05) is 37.1 Å². The number of hydrogen-bond donors (Lipinski definition) is 2. The molecule has 1 aliphatic carbocycles. The first-order valence-corrected chi connectivity index (χ1v) is 9.89. The number of fused-ring (bicyclic) bond motifs is 1. The second kappa shape index (κ2) is 7.58. The molecule has 0 aliphatic heterocycles. The molecule has 9 nitrogen and oxygen atoms in total. The summed E-state index contributed by atoms with van der Waals surface area (Å²) < 4.78 is 7.33. The van der Waals surface area contributed by atoms with Crippen LogP contribution in [0.5, 0.6) is 6.01 Å². The van der Waals surface area contributed by atoms with Gasteiger partial charge in [-0.2, -0.15) is 10.1 Å². The Bertz CT molecular complexity index is 1210. The fourth-order valence-electron chi connectivity index (χ4n) is 3.37. The molecule has 1 amide bonds. The minimum Gasteiger partial charge on any atom is -0.463 e. The van der Waals surface area contributed by atoms with Gasteiger partial charge in [0.1, 0.15) is 5.82 Å². The Morgan fingerprint density at radius 2 is 2.20 bits per heavy atom. The van der Waals surface area contributed by atoms with Crippen LogP contribution in [0.3, 0.4) is 0 Å². The number of rotatable bonds is 6. The van der Waals surface area contributed by atoms with Crippen LogP contribution in [0, 0.1) is 5.92 Å². The third-order valence-corrected chi connectivity index (χ3v) is 5.29. The summed E-state index contributed by atoms with van der Waals surface area (Å²) in [7, 11) is 1.76. The first kappa shape index (κ1) is 18.3. The lowest BCUT2D eigenvalue weighted by Gasteiger charge is -2.24. The van der Waals surface area contributed by atoms with Gasteiger partial charge in [-0.3, -0.25) is 9.48 Å². The molecular formula is C21H21N7O2. The average molecular weight is 403 g/mol. The summed E-state index contributed by atoms with van der Waals surface area (Å²) in [5, 5.41) is 7.72. The predicted octanol–water partition coefficient (Wildman–Crippen LogP) is 3.18. The van der Waals surface area contributed by atoms with Crippen LogP contribution in [0.1, 0.15) is 29.6 Å². The molecule has 152 valence electrons. The zero-order valence-corrected chi connectivity index (χ0v) is 16.5. The van der Waals surface area contributed by atoms with Crippen LogP contribution < -0.4 is 10.1 Å². The van der Waals surface area contributed by atoms with Crippen molar-refractivity contribution < 1.29 is 9.53 Å². The Labute approximate surface area is 172 Å². The number of carbonyl (C=O) groups is 1. The molecule has 2 N–H and O–H groups in total. The second-order valence-electron chi connectivity index (χ2n) is 7.53. The van der Waals surface area contributed by atoms with Gasteiger partial charge in [0.2, 0.25) is 0 Å². The SMILES string of the molecule is Cn1cc(C(=O)Nc2cc3[nH]c(-c4ccnc(OCC5CCC5)n4)cc3cn2)cn1. The Kier molecular flexibility index (Phi) is 4.62. The molecule has 0 unspecified atom stereocenters. The van der Waals surface area contributed by atoms with Crippen molar-refractivity contribution in [2.75, 3.05) is 11.9 Å². The minimum atomic E-state index is -0.259. The third kappa shape index (κ3) is 3.73. The largest absolute Gasteiger partial charge is 0.463 e. The van der Waals surface area contributed by atoms with E-state index in [1.807, 2.05) is 12.1 Å². The van der Waals surface area contributed by atoms with Gasteiger partial charge in [-0.15, -0.1) is 0 Å². The first-order chi connectivity index (χ1) is 14.6. The van der Waals surface area contributed by atoms with Crippen LogP contribution >= 0.6 is 0 Å². The summed E-state index contributed by atoms with van der Waals surface area (Å²) in [5.74, 6) is 0.819. The normalized spacial score (nSPS) is 13.9. The lowest BCUT2D eigenvalue weighted by atomic mass is 9.86. The van der Waals surface area contributed by atoms with E-state index in [1.165, 1.54) is 25.5 Å². The Balaban J connectivity index is 1.34. The molecule has 4 aromatic heterocycles. The van der Waals surface area contributed by atoms with Crippen molar-refractivity contribution in [3.05, 3.63) is 48.5 Å². The summed E-state index contributed by atoms with van der Waals surface area (Å²) in [4.78, 5) is 28.7. The van der Waals surface area contributed by atoms with E-state index < -0.39 is 0 Å². The number of ether oxygens (including phenoxy) is 1. The Morgan fingerprint density at radius 1 is 1.30 bits per heavy atom. The zero-order valence-electron chi connectivity index (χ0n) is 16.5. The van der Waals surface area contributed by atoms with Crippen LogP contribution in [0.25, 0.3) is 22.3 Å². The van der Waals surface area contributed by atoms with Crippen molar-refractivity contribution in [3.63, 3.8) is 0 Å². The maximum absolute atomic E-state index is 12.3. The van der Waals surface area contributed by atoms with E-state index in [4.69, 9.17) is 4.74 Å². The lowest BCUT2D eigenvalue weighted by molar-refractivity contribution is 0.102. The number of aromatic nitrogens is 6. The fourth-order valence-corrected chi connectivity index (χ4v) is 3.37. The highest BCUT2D eigenvalue weighted by atomic mass is 16.5. The number of amides is 1. The van der Waals surface area contributed by atoms with Crippen LogP contribution in [0.2, 0.25) is 0 Å². The highest BCUT2D eigenvalue weighted by molar-refractivity contribution is 6.04. The van der Waals surface area contributed by atoms with Crippen LogP contribution in [0.4, 0.5) is 5.82 Å². The van der Waals surface area contributed by atoms with Gasteiger partial charge in [0.25, 0.3) is 5.91 Å². The molecule has 4 aromatic rings. The number of H-pyrrole nitrogens is 1. The average Bonchev–Trinajstić information content (AvgIpc) is 3.33. The number of nitrogens with one attached hydrogen (secondary N) is 2. The molecule has 0 spiro atoms. The van der Waals surface area contributed by atoms with Crippen molar-refractivity contribution in [3.8, 4) is 17.4 Å². The minimum absolute atomic E-state index is 0.259. The number of hydrogen-bond acceptors (Lipinski definition) is 6. The van der Waals surface area contributed by atoms with E-state index in [-0.39, 0.29) is 5.91 Å². The maximum atomic E-state index is 12.3. The first-order valence-electron chi connectivity index (χ1n) is 9.89. The number of aryl methyl sites for hydroxylation is 1. The van der Waals surface area contributed by atoms with Gasteiger partial charge in [-0.05, 0) is 30.9 Å². The highest BCUT2D eigenvalue weighted by Crippen LogP contribution is 2.27. The molecule has 0 aromatic carbocycles. The molecule has 9 heteroatoms. The predicted molar refractivity (Wildman–Crippen MR) is 111 cm³/mol. The summed E-state index contributed by atoms with van der Waals surface area (Å²) in [6.07, 6.45) is 10.3. The van der Waals surface area contributed by atoms with Crippen LogP contribution in [-0.4, -0.2) is 42.2 Å². The lowest BCUT2D eigenvalue weighted by Crippen LogP contribution is -2.20. The monoisotopic (exact) mass is 403 g/mol. The number of carbonyl (C=O) groups excluding carboxylic acids is 1. The van der Waals surface area contributed by atoms with Crippen molar-refractivity contribution in [2.45, 2.75) is 19.3 Å². The molecule has 5 rings (SSSR count). The van der Waals surface area contributed by atoms with Gasteiger partial charge in [0.05, 0.1) is 35.3 Å².